The lowest BCUT2D eigenvalue weighted by atomic mass is 9.95. The Kier molecular flexibility index (Phi) is 5.51. The number of hydrogen-bond donors (Lipinski definition) is 0. The fraction of sp³-hybridized carbons (Fsp3) is 0. The first-order valence-corrected chi connectivity index (χ1v) is 15.6. The number of pyridine rings is 1. The maximum atomic E-state index is 6.14. The predicted molar refractivity (Wildman–Crippen MR) is 191 cm³/mol. The number of furan rings is 1. The quantitative estimate of drug-likeness (QED) is 0.189. The Morgan fingerprint density at radius 1 is 0.404 bits per heavy atom. The van der Waals surface area contributed by atoms with Crippen molar-refractivity contribution in [1.29, 1.82) is 0 Å². The van der Waals surface area contributed by atoms with Gasteiger partial charge in [-0.05, 0) is 67.4 Å². The van der Waals surface area contributed by atoms with Gasteiger partial charge in [0.15, 0.2) is 17.5 Å². The van der Waals surface area contributed by atoms with Gasteiger partial charge in [0, 0.05) is 33.7 Å². The summed E-state index contributed by atoms with van der Waals surface area (Å²) in [6, 6.07) is 48.4. The molecule has 0 atom stereocenters. The van der Waals surface area contributed by atoms with Crippen LogP contribution in [0.4, 0.5) is 0 Å². The summed E-state index contributed by atoms with van der Waals surface area (Å²) >= 11 is 0. The average Bonchev–Trinajstić information content (AvgIpc) is 3.53. The van der Waals surface area contributed by atoms with Crippen molar-refractivity contribution in [1.82, 2.24) is 19.9 Å². The molecular weight excluding hydrogens is 576 g/mol. The Labute approximate surface area is 268 Å². The van der Waals surface area contributed by atoms with Crippen LogP contribution < -0.4 is 0 Å². The molecule has 5 nitrogen and oxygen atoms in total. The zero-order valence-corrected chi connectivity index (χ0v) is 25.1. The van der Waals surface area contributed by atoms with Crippen molar-refractivity contribution in [3.8, 4) is 34.2 Å². The average molecular weight is 601 g/mol. The topological polar surface area (TPSA) is 64.7 Å². The molecule has 3 heterocycles. The molecule has 0 aliphatic carbocycles. The van der Waals surface area contributed by atoms with Gasteiger partial charge >= 0.3 is 0 Å². The fourth-order valence-corrected chi connectivity index (χ4v) is 6.97. The second-order valence-corrected chi connectivity index (χ2v) is 11.9. The summed E-state index contributed by atoms with van der Waals surface area (Å²) in [5.41, 5.74) is 4.09. The monoisotopic (exact) mass is 600 g/mol. The Hall–Kier alpha value is -6.46. The second kappa shape index (κ2) is 10.0. The van der Waals surface area contributed by atoms with Crippen molar-refractivity contribution < 1.29 is 4.42 Å². The summed E-state index contributed by atoms with van der Waals surface area (Å²) in [5, 5.41) is 11.3. The van der Waals surface area contributed by atoms with Gasteiger partial charge in [0.05, 0.1) is 0 Å². The highest BCUT2D eigenvalue weighted by Gasteiger charge is 2.19. The zero-order valence-electron chi connectivity index (χ0n) is 25.1. The molecule has 0 N–H and O–H groups in total. The third-order valence-electron chi connectivity index (χ3n) is 9.18. The molecule has 0 bridgehead atoms. The molecule has 0 spiro atoms. The van der Waals surface area contributed by atoms with Crippen LogP contribution in [0, 0.1) is 0 Å². The van der Waals surface area contributed by atoms with Crippen LogP contribution >= 0.6 is 0 Å². The van der Waals surface area contributed by atoms with Gasteiger partial charge in [0.2, 0.25) is 5.71 Å². The molecule has 47 heavy (non-hydrogen) atoms. The van der Waals surface area contributed by atoms with Crippen LogP contribution in [0.2, 0.25) is 0 Å². The Balaban J connectivity index is 1.26. The number of aromatic nitrogens is 4. The van der Waals surface area contributed by atoms with Crippen molar-refractivity contribution in [2.75, 3.05) is 0 Å². The van der Waals surface area contributed by atoms with E-state index in [-0.39, 0.29) is 0 Å². The standard InChI is InChI=1S/C42H24N4O/c1-2-10-27-24-28(18-17-25(27)8-1)39-44-40(46-41(45-39)35-14-6-16-37-38(35)36-15-7-23-43-42(36)47-37)34-13-5-12-30-32-20-19-26-9-3-4-11-29(26)31(32)21-22-33(30)34/h1-24H. The van der Waals surface area contributed by atoms with Crippen LogP contribution in [-0.4, -0.2) is 19.9 Å². The summed E-state index contributed by atoms with van der Waals surface area (Å²) in [4.78, 5) is 19.9. The molecule has 0 radical (unpaired) electrons. The molecule has 0 aliphatic heterocycles. The maximum Gasteiger partial charge on any atom is 0.227 e. The SMILES string of the molecule is c1ccc2cc(-c3nc(-c4cccc5c4ccc4c6ccccc6ccc54)nc(-c4cccc5oc6ncccc6c45)n3)ccc2c1. The van der Waals surface area contributed by atoms with Crippen molar-refractivity contribution in [3.05, 3.63) is 146 Å². The third-order valence-corrected chi connectivity index (χ3v) is 9.18. The molecule has 10 aromatic rings. The lowest BCUT2D eigenvalue weighted by molar-refractivity contribution is 0.654. The Morgan fingerprint density at radius 2 is 1.04 bits per heavy atom. The highest BCUT2D eigenvalue weighted by atomic mass is 16.3. The molecule has 0 amide bonds. The highest BCUT2D eigenvalue weighted by molar-refractivity contribution is 6.19. The summed E-state index contributed by atoms with van der Waals surface area (Å²) in [5.74, 6) is 1.81. The number of benzene rings is 7. The van der Waals surface area contributed by atoms with Crippen molar-refractivity contribution in [2.24, 2.45) is 0 Å². The smallest absolute Gasteiger partial charge is 0.227 e. The largest absolute Gasteiger partial charge is 0.438 e. The molecule has 3 aromatic heterocycles. The number of hydrogen-bond acceptors (Lipinski definition) is 5. The molecule has 0 unspecified atom stereocenters. The zero-order chi connectivity index (χ0) is 30.9. The van der Waals surface area contributed by atoms with Gasteiger partial charge in [-0.25, -0.2) is 19.9 Å². The van der Waals surface area contributed by atoms with Gasteiger partial charge in [-0.1, -0.05) is 115 Å². The van der Waals surface area contributed by atoms with E-state index in [1.807, 2.05) is 24.3 Å². The van der Waals surface area contributed by atoms with Crippen LogP contribution in [0.25, 0.3) is 99.3 Å². The van der Waals surface area contributed by atoms with Crippen LogP contribution in [0.3, 0.4) is 0 Å². The molecular formula is C42H24N4O. The maximum absolute atomic E-state index is 6.14. The second-order valence-electron chi connectivity index (χ2n) is 11.9. The van der Waals surface area contributed by atoms with Gasteiger partial charge in [0.25, 0.3) is 0 Å². The van der Waals surface area contributed by atoms with E-state index in [1.54, 1.807) is 6.20 Å². The molecule has 10 rings (SSSR count). The van der Waals surface area contributed by atoms with Crippen LogP contribution in [-0.2, 0) is 0 Å². The minimum atomic E-state index is 0.582. The predicted octanol–water partition coefficient (Wildman–Crippen LogP) is 10.8. The van der Waals surface area contributed by atoms with Crippen molar-refractivity contribution in [3.63, 3.8) is 0 Å². The first-order valence-electron chi connectivity index (χ1n) is 15.6. The van der Waals surface area contributed by atoms with Crippen molar-refractivity contribution >= 4 is 65.2 Å². The third kappa shape index (κ3) is 4.03. The molecule has 218 valence electrons. The minimum absolute atomic E-state index is 0.582. The van der Waals surface area contributed by atoms with E-state index >= 15 is 0 Å². The van der Waals surface area contributed by atoms with Crippen LogP contribution in [0.15, 0.2) is 150 Å². The summed E-state index contributed by atoms with van der Waals surface area (Å²) in [6.07, 6.45) is 1.75. The van der Waals surface area contributed by atoms with Crippen molar-refractivity contribution in [2.45, 2.75) is 0 Å². The van der Waals surface area contributed by atoms with Crippen LogP contribution in [0.1, 0.15) is 0 Å². The highest BCUT2D eigenvalue weighted by Crippen LogP contribution is 2.38. The van der Waals surface area contributed by atoms with E-state index in [0.29, 0.717) is 23.2 Å². The van der Waals surface area contributed by atoms with Gasteiger partial charge in [0.1, 0.15) is 5.58 Å². The molecule has 0 fully saturated rings. The Bertz CT molecular complexity index is 2870. The molecule has 7 aromatic carbocycles. The Morgan fingerprint density at radius 3 is 1.98 bits per heavy atom. The first kappa shape index (κ1) is 25.8. The van der Waals surface area contributed by atoms with Gasteiger partial charge < -0.3 is 4.42 Å². The fourth-order valence-electron chi connectivity index (χ4n) is 6.97. The normalized spacial score (nSPS) is 11.8. The number of nitrogens with zero attached hydrogens (tertiary/aromatic N) is 4. The minimum Gasteiger partial charge on any atom is -0.438 e. The number of fused-ring (bicyclic) bond motifs is 9. The van der Waals surface area contributed by atoms with E-state index in [0.717, 1.165) is 49.2 Å². The molecule has 5 heteroatoms. The summed E-state index contributed by atoms with van der Waals surface area (Å²) in [6.45, 7) is 0. The number of rotatable bonds is 3. The van der Waals surface area contributed by atoms with Gasteiger partial charge in [-0.3, -0.25) is 0 Å². The van der Waals surface area contributed by atoms with E-state index in [2.05, 4.69) is 120 Å². The first-order chi connectivity index (χ1) is 23.3. The van der Waals surface area contributed by atoms with Gasteiger partial charge in [-0.15, -0.1) is 0 Å². The van der Waals surface area contributed by atoms with Gasteiger partial charge in [-0.2, -0.15) is 0 Å². The van der Waals surface area contributed by atoms with E-state index in [4.69, 9.17) is 19.4 Å². The lowest BCUT2D eigenvalue weighted by Crippen LogP contribution is -2.01. The van der Waals surface area contributed by atoms with E-state index in [9.17, 15) is 0 Å². The molecule has 0 saturated carbocycles. The lowest BCUT2D eigenvalue weighted by Gasteiger charge is -2.13. The summed E-state index contributed by atoms with van der Waals surface area (Å²) in [7, 11) is 0. The van der Waals surface area contributed by atoms with Crippen LogP contribution in [0.5, 0.6) is 0 Å². The summed E-state index contributed by atoms with van der Waals surface area (Å²) < 4.78 is 6.14. The van der Waals surface area contributed by atoms with E-state index in [1.165, 1.54) is 26.9 Å². The van der Waals surface area contributed by atoms with E-state index < -0.39 is 0 Å². The molecule has 0 aliphatic rings. The molecule has 0 saturated heterocycles.